The van der Waals surface area contributed by atoms with Gasteiger partial charge < -0.3 is 14.6 Å². The smallest absolute Gasteiger partial charge is 0.133 e. The number of rotatable bonds is 2. The number of methoxy groups -OCH3 is 1. The van der Waals surface area contributed by atoms with E-state index < -0.39 is 6.10 Å². The largest absolute Gasteiger partial charge is 0.496 e. The maximum atomic E-state index is 13.2. The van der Waals surface area contributed by atoms with Crippen LogP contribution in [0.1, 0.15) is 29.8 Å². The molecule has 0 amide bonds. The third-order valence-electron chi connectivity index (χ3n) is 3.59. The quantitative estimate of drug-likeness (QED) is 0.882. The summed E-state index contributed by atoms with van der Waals surface area (Å²) in [5.74, 6) is 0.881. The number of aliphatic hydroxyl groups is 1. The Morgan fingerprint density at radius 1 is 1.29 bits per heavy atom. The lowest BCUT2D eigenvalue weighted by atomic mass is 9.95. The van der Waals surface area contributed by atoms with E-state index in [0.717, 1.165) is 15.8 Å². The van der Waals surface area contributed by atoms with Crippen molar-refractivity contribution >= 4 is 15.9 Å². The van der Waals surface area contributed by atoms with Gasteiger partial charge in [0.15, 0.2) is 0 Å². The number of halogens is 2. The first-order valence-corrected chi connectivity index (χ1v) is 7.35. The van der Waals surface area contributed by atoms with Crippen molar-refractivity contribution in [2.24, 2.45) is 0 Å². The van der Waals surface area contributed by atoms with Gasteiger partial charge >= 0.3 is 0 Å². The minimum Gasteiger partial charge on any atom is -0.496 e. The van der Waals surface area contributed by atoms with E-state index in [4.69, 9.17) is 9.47 Å². The van der Waals surface area contributed by atoms with Crippen molar-refractivity contribution in [2.75, 3.05) is 7.11 Å². The van der Waals surface area contributed by atoms with E-state index in [-0.39, 0.29) is 11.9 Å². The lowest BCUT2D eigenvalue weighted by molar-refractivity contribution is 0.0653. The van der Waals surface area contributed by atoms with Gasteiger partial charge in [-0.1, -0.05) is 6.07 Å². The summed E-state index contributed by atoms with van der Waals surface area (Å²) in [5, 5.41) is 10.2. The molecule has 0 radical (unpaired) electrons. The van der Waals surface area contributed by atoms with Crippen molar-refractivity contribution < 1.29 is 19.0 Å². The van der Waals surface area contributed by atoms with Gasteiger partial charge in [0.1, 0.15) is 23.4 Å². The lowest BCUT2D eigenvalue weighted by Gasteiger charge is -2.30. The van der Waals surface area contributed by atoms with Crippen LogP contribution in [0, 0.1) is 5.82 Å². The molecule has 0 bridgehead atoms. The zero-order valence-electron chi connectivity index (χ0n) is 11.3. The molecule has 2 aromatic carbocycles. The Hall–Kier alpha value is -1.59. The van der Waals surface area contributed by atoms with Crippen molar-refractivity contribution in [3.8, 4) is 11.5 Å². The van der Waals surface area contributed by atoms with Crippen LogP contribution in [0.3, 0.4) is 0 Å². The standard InChI is InChI=1S/C16H14BrFO3/c1-20-15-4-2-9(6-12(15)17)16-8-13(19)11-7-10(18)3-5-14(11)21-16/h2-7,13,16,19H,8H2,1H3/t13-,16?/m0/s1. The van der Waals surface area contributed by atoms with Crippen LogP contribution in [0.5, 0.6) is 11.5 Å². The summed E-state index contributed by atoms with van der Waals surface area (Å²) >= 11 is 3.44. The second-order valence-electron chi connectivity index (χ2n) is 4.93. The van der Waals surface area contributed by atoms with Crippen molar-refractivity contribution in [1.29, 1.82) is 0 Å². The van der Waals surface area contributed by atoms with Gasteiger partial charge in [-0.2, -0.15) is 0 Å². The van der Waals surface area contributed by atoms with Gasteiger partial charge in [-0.05, 0) is 51.8 Å². The number of hydrogen-bond acceptors (Lipinski definition) is 3. The Balaban J connectivity index is 1.92. The van der Waals surface area contributed by atoms with Crippen molar-refractivity contribution in [3.63, 3.8) is 0 Å². The highest BCUT2D eigenvalue weighted by Gasteiger charge is 2.28. The zero-order chi connectivity index (χ0) is 15.0. The molecule has 3 nitrogen and oxygen atoms in total. The van der Waals surface area contributed by atoms with Crippen molar-refractivity contribution in [2.45, 2.75) is 18.6 Å². The fourth-order valence-electron chi connectivity index (χ4n) is 2.51. The molecule has 1 unspecified atom stereocenters. The maximum Gasteiger partial charge on any atom is 0.133 e. The summed E-state index contributed by atoms with van der Waals surface area (Å²) in [7, 11) is 1.60. The topological polar surface area (TPSA) is 38.7 Å². The van der Waals surface area contributed by atoms with Crippen LogP contribution in [0.25, 0.3) is 0 Å². The predicted molar refractivity (Wildman–Crippen MR) is 80.0 cm³/mol. The second kappa shape index (κ2) is 5.66. The van der Waals surface area contributed by atoms with E-state index in [0.29, 0.717) is 17.7 Å². The highest BCUT2D eigenvalue weighted by Crippen LogP contribution is 2.42. The Morgan fingerprint density at radius 3 is 2.81 bits per heavy atom. The van der Waals surface area contributed by atoms with Gasteiger partial charge in [-0.25, -0.2) is 4.39 Å². The molecule has 0 aliphatic carbocycles. The summed E-state index contributed by atoms with van der Waals surface area (Å²) in [6.45, 7) is 0. The van der Waals surface area contributed by atoms with Gasteiger partial charge in [0, 0.05) is 12.0 Å². The number of benzene rings is 2. The average molecular weight is 353 g/mol. The first-order valence-electron chi connectivity index (χ1n) is 6.56. The average Bonchev–Trinajstić information content (AvgIpc) is 2.47. The molecule has 0 aromatic heterocycles. The molecule has 1 heterocycles. The Kier molecular flexibility index (Phi) is 3.87. The molecular weight excluding hydrogens is 339 g/mol. The molecule has 0 fully saturated rings. The van der Waals surface area contributed by atoms with E-state index in [9.17, 15) is 9.50 Å². The van der Waals surface area contributed by atoms with E-state index in [1.807, 2.05) is 18.2 Å². The fraction of sp³-hybridized carbons (Fsp3) is 0.250. The van der Waals surface area contributed by atoms with E-state index in [1.165, 1.54) is 12.1 Å². The van der Waals surface area contributed by atoms with E-state index in [2.05, 4.69) is 15.9 Å². The minimum absolute atomic E-state index is 0.278. The molecule has 0 spiro atoms. The Morgan fingerprint density at radius 2 is 2.10 bits per heavy atom. The number of aliphatic hydroxyl groups excluding tert-OH is 1. The Labute approximate surface area is 130 Å². The van der Waals surface area contributed by atoms with Crippen LogP contribution >= 0.6 is 15.9 Å². The molecule has 1 N–H and O–H groups in total. The van der Waals surface area contributed by atoms with Crippen molar-refractivity contribution in [3.05, 3.63) is 57.8 Å². The van der Waals surface area contributed by atoms with Gasteiger partial charge in [-0.3, -0.25) is 0 Å². The molecule has 2 aromatic rings. The molecular formula is C16H14BrFO3. The summed E-state index contributed by atoms with van der Waals surface area (Å²) in [4.78, 5) is 0. The Bertz CT molecular complexity index is 675. The van der Waals surface area contributed by atoms with Crippen LogP contribution in [0.4, 0.5) is 4.39 Å². The van der Waals surface area contributed by atoms with Crippen LogP contribution < -0.4 is 9.47 Å². The summed E-state index contributed by atoms with van der Waals surface area (Å²) in [5.41, 5.74) is 1.43. The third-order valence-corrected chi connectivity index (χ3v) is 4.20. The molecule has 110 valence electrons. The van der Waals surface area contributed by atoms with Gasteiger partial charge in [0.25, 0.3) is 0 Å². The van der Waals surface area contributed by atoms with Gasteiger partial charge in [0.2, 0.25) is 0 Å². The van der Waals surface area contributed by atoms with Gasteiger partial charge in [0.05, 0.1) is 17.7 Å². The van der Waals surface area contributed by atoms with Crippen molar-refractivity contribution in [1.82, 2.24) is 0 Å². The van der Waals surface area contributed by atoms with E-state index in [1.54, 1.807) is 13.2 Å². The molecule has 21 heavy (non-hydrogen) atoms. The molecule has 3 rings (SSSR count). The fourth-order valence-corrected chi connectivity index (χ4v) is 3.06. The van der Waals surface area contributed by atoms with E-state index >= 15 is 0 Å². The normalized spacial score (nSPS) is 20.6. The molecule has 5 heteroatoms. The SMILES string of the molecule is COc1ccc(C2C[C@H](O)c3cc(F)ccc3O2)cc1Br. The molecule has 1 aliphatic heterocycles. The summed E-state index contributed by atoms with van der Waals surface area (Å²) in [6.07, 6.45) is -0.634. The van der Waals surface area contributed by atoms with Crippen LogP contribution in [-0.2, 0) is 0 Å². The van der Waals surface area contributed by atoms with Crippen LogP contribution in [0.2, 0.25) is 0 Å². The summed E-state index contributed by atoms with van der Waals surface area (Å²) in [6, 6.07) is 9.85. The first-order chi connectivity index (χ1) is 10.1. The highest BCUT2D eigenvalue weighted by atomic mass is 79.9. The minimum atomic E-state index is -0.740. The second-order valence-corrected chi connectivity index (χ2v) is 5.79. The van der Waals surface area contributed by atoms with Gasteiger partial charge in [-0.15, -0.1) is 0 Å². The maximum absolute atomic E-state index is 13.2. The number of ether oxygens (including phenoxy) is 2. The first kappa shape index (κ1) is 14.4. The molecule has 1 aliphatic rings. The zero-order valence-corrected chi connectivity index (χ0v) is 12.9. The molecule has 0 saturated heterocycles. The lowest BCUT2D eigenvalue weighted by Crippen LogP contribution is -2.19. The van der Waals surface area contributed by atoms with Crippen LogP contribution in [-0.4, -0.2) is 12.2 Å². The molecule has 2 atom stereocenters. The van der Waals surface area contributed by atoms with Crippen LogP contribution in [0.15, 0.2) is 40.9 Å². The molecule has 0 saturated carbocycles. The number of hydrogen-bond donors (Lipinski definition) is 1. The monoisotopic (exact) mass is 352 g/mol. The third kappa shape index (κ3) is 2.76. The highest BCUT2D eigenvalue weighted by molar-refractivity contribution is 9.10. The predicted octanol–water partition coefficient (Wildman–Crippen LogP) is 4.15. The number of fused-ring (bicyclic) bond motifs is 1. The summed E-state index contributed by atoms with van der Waals surface area (Å²) < 4.78 is 25.1.